The second kappa shape index (κ2) is 5.72. The van der Waals surface area contributed by atoms with E-state index in [0.29, 0.717) is 29.2 Å². The third kappa shape index (κ3) is 2.57. The van der Waals surface area contributed by atoms with Crippen molar-refractivity contribution in [2.24, 2.45) is 5.92 Å². The molecule has 3 atom stereocenters. The maximum absolute atomic E-state index is 12.1. The van der Waals surface area contributed by atoms with E-state index in [0.717, 1.165) is 25.7 Å². The predicted molar refractivity (Wildman–Crippen MR) is 86.7 cm³/mol. The molecule has 23 heavy (non-hydrogen) atoms. The lowest BCUT2D eigenvalue weighted by Crippen LogP contribution is -2.42. The molecule has 1 aliphatic heterocycles. The molecule has 7 heteroatoms. The Hall–Kier alpha value is -1.73. The first-order chi connectivity index (χ1) is 11.1. The Kier molecular flexibility index (Phi) is 3.69. The molecule has 4 rings (SSSR count). The van der Waals surface area contributed by atoms with E-state index in [-0.39, 0.29) is 5.56 Å². The summed E-state index contributed by atoms with van der Waals surface area (Å²) in [5.41, 5.74) is 0.576. The van der Waals surface area contributed by atoms with Gasteiger partial charge in [0.05, 0.1) is 5.69 Å². The van der Waals surface area contributed by atoms with E-state index in [1.165, 1.54) is 28.2 Å². The monoisotopic (exact) mass is 333 g/mol. The molecule has 1 N–H and O–H groups in total. The van der Waals surface area contributed by atoms with Gasteiger partial charge in [-0.05, 0) is 25.2 Å². The number of carboxylic acid groups (broad SMARTS) is 1. The van der Waals surface area contributed by atoms with Crippen molar-refractivity contribution in [3.63, 3.8) is 0 Å². The number of carboxylic acids is 1. The topological polar surface area (TPSA) is 74.9 Å². The fraction of sp³-hybridized carbons (Fsp3) is 0.562. The second-order valence-corrected chi connectivity index (χ2v) is 7.39. The van der Waals surface area contributed by atoms with Crippen molar-refractivity contribution >= 4 is 22.3 Å². The zero-order chi connectivity index (χ0) is 16.0. The number of aliphatic carboxylic acids is 1. The Morgan fingerprint density at radius 1 is 1.39 bits per heavy atom. The Balaban J connectivity index is 1.66. The Morgan fingerprint density at radius 3 is 3.04 bits per heavy atom. The van der Waals surface area contributed by atoms with E-state index in [1.807, 2.05) is 5.38 Å². The normalized spacial score (nSPS) is 28.1. The van der Waals surface area contributed by atoms with Gasteiger partial charge in [0.25, 0.3) is 5.56 Å². The average molecular weight is 333 g/mol. The molecule has 2 aromatic heterocycles. The van der Waals surface area contributed by atoms with Gasteiger partial charge in [-0.3, -0.25) is 18.9 Å². The third-order valence-corrected chi connectivity index (χ3v) is 5.96. The summed E-state index contributed by atoms with van der Waals surface area (Å²) in [5.74, 6) is -0.287. The summed E-state index contributed by atoms with van der Waals surface area (Å²) in [6, 6.07) is 1.40. The zero-order valence-electron chi connectivity index (χ0n) is 12.7. The van der Waals surface area contributed by atoms with Gasteiger partial charge < -0.3 is 5.11 Å². The molecule has 0 aromatic carbocycles. The summed E-state index contributed by atoms with van der Waals surface area (Å²) >= 11 is 1.42. The average Bonchev–Trinajstić information content (AvgIpc) is 3.13. The number of fused-ring (bicyclic) bond motifs is 2. The van der Waals surface area contributed by atoms with Gasteiger partial charge in [0.2, 0.25) is 0 Å². The van der Waals surface area contributed by atoms with Crippen LogP contribution in [-0.2, 0) is 11.3 Å². The molecule has 1 saturated carbocycles. The summed E-state index contributed by atoms with van der Waals surface area (Å²) < 4.78 is 1.52. The molecule has 6 nitrogen and oxygen atoms in total. The molecule has 0 bridgehead atoms. The van der Waals surface area contributed by atoms with Crippen LogP contribution in [0.15, 0.2) is 22.4 Å². The van der Waals surface area contributed by atoms with Crippen molar-refractivity contribution in [3.8, 4) is 0 Å². The number of likely N-dealkylation sites (tertiary alicyclic amines) is 1. The van der Waals surface area contributed by atoms with Crippen LogP contribution in [0, 0.1) is 5.92 Å². The number of nitrogens with zero attached hydrogens (tertiary/aromatic N) is 3. The number of rotatable bonds is 3. The number of carbonyl (C=O) groups is 1. The molecular weight excluding hydrogens is 314 g/mol. The lowest BCUT2D eigenvalue weighted by molar-refractivity contribution is -0.142. The minimum atomic E-state index is -0.756. The lowest BCUT2D eigenvalue weighted by Gasteiger charge is -2.32. The molecular formula is C16H19N3O3S. The van der Waals surface area contributed by atoms with E-state index >= 15 is 0 Å². The summed E-state index contributed by atoms with van der Waals surface area (Å²) in [5, 5.41) is 11.4. The molecule has 1 saturated heterocycles. The van der Waals surface area contributed by atoms with Crippen molar-refractivity contribution in [2.75, 3.05) is 0 Å². The zero-order valence-corrected chi connectivity index (χ0v) is 13.5. The summed E-state index contributed by atoms with van der Waals surface area (Å²) in [6.45, 7) is 0.446. The van der Waals surface area contributed by atoms with Gasteiger partial charge in [0, 0.05) is 30.2 Å². The van der Waals surface area contributed by atoms with E-state index in [1.54, 1.807) is 6.20 Å². The molecule has 2 fully saturated rings. The van der Waals surface area contributed by atoms with Crippen LogP contribution in [0.4, 0.5) is 0 Å². The maximum atomic E-state index is 12.1. The predicted octanol–water partition coefficient (Wildman–Crippen LogP) is 1.97. The number of thiazole rings is 1. The van der Waals surface area contributed by atoms with Gasteiger partial charge in [0.15, 0.2) is 4.96 Å². The third-order valence-electron chi connectivity index (χ3n) is 5.21. The van der Waals surface area contributed by atoms with Gasteiger partial charge >= 0.3 is 5.97 Å². The highest BCUT2D eigenvalue weighted by molar-refractivity contribution is 7.15. The van der Waals surface area contributed by atoms with E-state index in [2.05, 4.69) is 9.88 Å². The van der Waals surface area contributed by atoms with Crippen LogP contribution in [-0.4, -0.2) is 37.4 Å². The first kappa shape index (κ1) is 14.8. The van der Waals surface area contributed by atoms with Crippen molar-refractivity contribution in [1.82, 2.24) is 14.3 Å². The Morgan fingerprint density at radius 2 is 2.22 bits per heavy atom. The fourth-order valence-electron chi connectivity index (χ4n) is 4.18. The van der Waals surface area contributed by atoms with Gasteiger partial charge in [-0.2, -0.15) is 0 Å². The van der Waals surface area contributed by atoms with E-state index in [9.17, 15) is 14.7 Å². The van der Waals surface area contributed by atoms with Gasteiger partial charge in [-0.15, -0.1) is 11.3 Å². The highest BCUT2D eigenvalue weighted by Gasteiger charge is 2.45. The second-order valence-electron chi connectivity index (χ2n) is 6.52. The molecule has 2 aliphatic rings. The van der Waals surface area contributed by atoms with Crippen molar-refractivity contribution in [2.45, 2.75) is 50.7 Å². The van der Waals surface area contributed by atoms with Crippen LogP contribution in [0.1, 0.15) is 37.8 Å². The molecule has 0 spiro atoms. The largest absolute Gasteiger partial charge is 0.480 e. The van der Waals surface area contributed by atoms with E-state index < -0.39 is 12.0 Å². The molecule has 1 aliphatic carbocycles. The number of hydrogen-bond acceptors (Lipinski definition) is 5. The standard InChI is InChI=1S/C16H19N3O3S/c20-14-8-11(17-16-18(14)5-6-23-16)9-19-12-4-2-1-3-10(12)7-13(19)15(21)22/h5-6,8,10,12-13H,1-4,7,9H2,(H,21,22)/t10-,12-,13-/m0/s1. The highest BCUT2D eigenvalue weighted by Crippen LogP contribution is 2.40. The number of aromatic nitrogens is 2. The van der Waals surface area contributed by atoms with Crippen LogP contribution in [0.2, 0.25) is 0 Å². The quantitative estimate of drug-likeness (QED) is 0.929. The summed E-state index contributed by atoms with van der Waals surface area (Å²) in [6.07, 6.45) is 6.96. The minimum absolute atomic E-state index is 0.0995. The first-order valence-electron chi connectivity index (χ1n) is 8.08. The molecule has 3 heterocycles. The van der Waals surface area contributed by atoms with Crippen molar-refractivity contribution in [1.29, 1.82) is 0 Å². The molecule has 2 aromatic rings. The smallest absolute Gasteiger partial charge is 0.320 e. The molecule has 0 amide bonds. The van der Waals surface area contributed by atoms with Crippen LogP contribution in [0.3, 0.4) is 0 Å². The summed E-state index contributed by atoms with van der Waals surface area (Å²) in [7, 11) is 0. The van der Waals surface area contributed by atoms with Gasteiger partial charge in [0.1, 0.15) is 6.04 Å². The SMILES string of the molecule is O=C(O)[C@@H]1C[C@@H]2CCCC[C@@H]2N1Cc1cc(=O)n2ccsc2n1. The van der Waals surface area contributed by atoms with E-state index in [4.69, 9.17) is 0 Å². The number of hydrogen-bond donors (Lipinski definition) is 1. The van der Waals surface area contributed by atoms with Crippen molar-refractivity contribution < 1.29 is 9.90 Å². The minimum Gasteiger partial charge on any atom is -0.480 e. The van der Waals surface area contributed by atoms with Gasteiger partial charge in [-0.25, -0.2) is 4.98 Å². The summed E-state index contributed by atoms with van der Waals surface area (Å²) in [4.78, 5) is 31.1. The Bertz CT molecular complexity index is 799. The Labute approximate surface area is 137 Å². The maximum Gasteiger partial charge on any atom is 0.320 e. The fourth-order valence-corrected chi connectivity index (χ4v) is 4.92. The first-order valence-corrected chi connectivity index (χ1v) is 8.96. The molecule has 122 valence electrons. The molecule has 0 unspecified atom stereocenters. The molecule has 0 radical (unpaired) electrons. The highest BCUT2D eigenvalue weighted by atomic mass is 32.1. The van der Waals surface area contributed by atoms with Crippen molar-refractivity contribution in [3.05, 3.63) is 33.7 Å². The van der Waals surface area contributed by atoms with Gasteiger partial charge in [-0.1, -0.05) is 12.8 Å². The van der Waals surface area contributed by atoms with Crippen LogP contribution in [0.5, 0.6) is 0 Å². The van der Waals surface area contributed by atoms with Crippen LogP contribution < -0.4 is 5.56 Å². The van der Waals surface area contributed by atoms with Crippen LogP contribution in [0.25, 0.3) is 4.96 Å². The van der Waals surface area contributed by atoms with Crippen LogP contribution >= 0.6 is 11.3 Å². The lowest BCUT2D eigenvalue weighted by atomic mass is 9.85.